The monoisotopic (exact) mass is 342 g/mol. The van der Waals surface area contributed by atoms with Crippen molar-refractivity contribution in [2.45, 2.75) is 57.9 Å². The van der Waals surface area contributed by atoms with Crippen molar-refractivity contribution in [2.75, 3.05) is 6.54 Å². The Kier molecular flexibility index (Phi) is 4.36. The first-order valence-electron chi connectivity index (χ1n) is 9.41. The maximum Gasteiger partial charge on any atom is 0.226 e. The molecule has 2 fully saturated rings. The van der Waals surface area contributed by atoms with Crippen LogP contribution in [-0.2, 0) is 11.8 Å². The zero-order valence-electron chi connectivity index (χ0n) is 15.1. The second-order valence-corrected chi connectivity index (χ2v) is 7.46. The van der Waals surface area contributed by atoms with Gasteiger partial charge in [-0.15, -0.1) is 0 Å². The van der Waals surface area contributed by atoms with E-state index in [-0.39, 0.29) is 12.0 Å². The minimum absolute atomic E-state index is 0.0449. The number of aryl methyl sites for hydroxylation is 2. The van der Waals surface area contributed by atoms with E-state index in [0.717, 1.165) is 61.4 Å². The molecule has 1 saturated carbocycles. The molecule has 0 bridgehead atoms. The van der Waals surface area contributed by atoms with E-state index < -0.39 is 0 Å². The van der Waals surface area contributed by atoms with Crippen LogP contribution in [0.4, 0.5) is 0 Å². The van der Waals surface area contributed by atoms with E-state index in [1.54, 1.807) is 0 Å². The van der Waals surface area contributed by atoms with Crippen LogP contribution >= 0.6 is 0 Å². The summed E-state index contributed by atoms with van der Waals surface area (Å²) in [5.41, 5.74) is 2.76. The fourth-order valence-corrected chi connectivity index (χ4v) is 4.32. The summed E-state index contributed by atoms with van der Waals surface area (Å²) in [4.78, 5) is 15.2. The van der Waals surface area contributed by atoms with Crippen LogP contribution in [0.3, 0.4) is 0 Å². The maximum absolute atomic E-state index is 13.1. The van der Waals surface area contributed by atoms with E-state index in [9.17, 15) is 4.79 Å². The zero-order chi connectivity index (χ0) is 17.4. The van der Waals surface area contributed by atoms with Crippen molar-refractivity contribution < 1.29 is 9.32 Å². The van der Waals surface area contributed by atoms with E-state index in [1.807, 2.05) is 30.9 Å². The van der Waals surface area contributed by atoms with Crippen LogP contribution in [0.25, 0.3) is 11.3 Å². The summed E-state index contributed by atoms with van der Waals surface area (Å²) in [6.45, 7) is 2.75. The van der Waals surface area contributed by atoms with Gasteiger partial charge in [0.1, 0.15) is 0 Å². The van der Waals surface area contributed by atoms with E-state index in [2.05, 4.69) is 10.1 Å². The topological polar surface area (TPSA) is 64.2 Å². The third kappa shape index (κ3) is 3.10. The van der Waals surface area contributed by atoms with Crippen molar-refractivity contribution in [1.82, 2.24) is 19.8 Å². The molecule has 0 aromatic carbocycles. The molecule has 3 heterocycles. The molecular weight excluding hydrogens is 316 g/mol. The van der Waals surface area contributed by atoms with Crippen LogP contribution in [0.15, 0.2) is 16.8 Å². The Balaban J connectivity index is 1.68. The third-order valence-corrected chi connectivity index (χ3v) is 5.56. The molecule has 0 radical (unpaired) electrons. The first-order chi connectivity index (χ1) is 12.1. The van der Waals surface area contributed by atoms with Crippen molar-refractivity contribution in [3.63, 3.8) is 0 Å². The van der Waals surface area contributed by atoms with Crippen molar-refractivity contribution in [1.29, 1.82) is 0 Å². The average Bonchev–Trinajstić information content (AvgIpc) is 3.35. The van der Waals surface area contributed by atoms with Crippen LogP contribution in [-0.4, -0.2) is 32.3 Å². The molecule has 1 amide bonds. The minimum atomic E-state index is 0.0449. The Morgan fingerprint density at radius 3 is 2.68 bits per heavy atom. The van der Waals surface area contributed by atoms with Gasteiger partial charge < -0.3 is 9.42 Å². The van der Waals surface area contributed by atoms with Crippen molar-refractivity contribution >= 4 is 5.91 Å². The zero-order valence-corrected chi connectivity index (χ0v) is 15.1. The number of nitrogens with zero attached hydrogens (tertiary/aromatic N) is 4. The van der Waals surface area contributed by atoms with E-state index in [1.165, 1.54) is 12.8 Å². The van der Waals surface area contributed by atoms with Crippen LogP contribution in [0.5, 0.6) is 0 Å². The minimum Gasteiger partial charge on any atom is -0.356 e. The Bertz CT molecular complexity index is 757. The average molecular weight is 342 g/mol. The van der Waals surface area contributed by atoms with Gasteiger partial charge in [0.25, 0.3) is 0 Å². The number of likely N-dealkylation sites (tertiary alicyclic amines) is 1. The number of carbonyl (C=O) groups excluding carboxylic acids is 1. The number of carbonyl (C=O) groups is 1. The van der Waals surface area contributed by atoms with E-state index >= 15 is 0 Å². The van der Waals surface area contributed by atoms with Gasteiger partial charge in [-0.1, -0.05) is 18.0 Å². The Morgan fingerprint density at radius 1 is 1.20 bits per heavy atom. The summed E-state index contributed by atoms with van der Waals surface area (Å²) in [6, 6.07) is 1.98. The van der Waals surface area contributed by atoms with Crippen LogP contribution in [0.2, 0.25) is 0 Å². The van der Waals surface area contributed by atoms with Gasteiger partial charge in [0, 0.05) is 31.8 Å². The second-order valence-electron chi connectivity index (χ2n) is 7.46. The second kappa shape index (κ2) is 6.65. The summed E-state index contributed by atoms with van der Waals surface area (Å²) in [5.74, 6) is 1.27. The van der Waals surface area contributed by atoms with Crippen LogP contribution < -0.4 is 0 Å². The van der Waals surface area contributed by atoms with Crippen LogP contribution in [0, 0.1) is 12.8 Å². The van der Waals surface area contributed by atoms with Gasteiger partial charge in [0.05, 0.1) is 23.0 Å². The number of amides is 1. The maximum atomic E-state index is 13.1. The molecule has 0 unspecified atom stereocenters. The highest BCUT2D eigenvalue weighted by molar-refractivity contribution is 5.80. The molecule has 134 valence electrons. The Labute approximate surface area is 148 Å². The normalized spacial score (nSPS) is 21.8. The largest absolute Gasteiger partial charge is 0.356 e. The quantitative estimate of drug-likeness (QED) is 0.854. The molecular formula is C19H26N4O2. The molecule has 25 heavy (non-hydrogen) atoms. The van der Waals surface area contributed by atoms with Gasteiger partial charge in [-0.3, -0.25) is 9.48 Å². The molecule has 1 atom stereocenters. The molecule has 4 rings (SSSR count). The molecule has 1 aliphatic heterocycles. The summed E-state index contributed by atoms with van der Waals surface area (Å²) in [7, 11) is 1.92. The summed E-state index contributed by atoms with van der Waals surface area (Å²) < 4.78 is 7.30. The number of rotatable bonds is 3. The van der Waals surface area contributed by atoms with Gasteiger partial charge in [0.15, 0.2) is 5.76 Å². The molecule has 2 aromatic heterocycles. The highest BCUT2D eigenvalue weighted by Gasteiger charge is 2.36. The van der Waals surface area contributed by atoms with Gasteiger partial charge >= 0.3 is 0 Å². The number of aromatic nitrogens is 3. The lowest BCUT2D eigenvalue weighted by molar-refractivity contribution is -0.139. The van der Waals surface area contributed by atoms with Crippen molar-refractivity contribution in [3.05, 3.63) is 23.7 Å². The molecule has 0 N–H and O–H groups in total. The number of hydrogen-bond donors (Lipinski definition) is 0. The lowest BCUT2D eigenvalue weighted by atomic mass is 9.94. The Morgan fingerprint density at radius 2 is 1.96 bits per heavy atom. The molecule has 6 heteroatoms. The predicted molar refractivity (Wildman–Crippen MR) is 93.7 cm³/mol. The molecule has 1 saturated heterocycles. The molecule has 2 aliphatic rings. The van der Waals surface area contributed by atoms with Crippen LogP contribution in [0.1, 0.15) is 62.4 Å². The lowest BCUT2D eigenvalue weighted by Gasteiger charge is -2.36. The van der Waals surface area contributed by atoms with Gasteiger partial charge in [-0.05, 0) is 39.0 Å². The highest BCUT2D eigenvalue weighted by atomic mass is 16.5. The smallest absolute Gasteiger partial charge is 0.226 e. The molecule has 1 aliphatic carbocycles. The fraction of sp³-hybridized carbons (Fsp3) is 0.632. The molecule has 2 aromatic rings. The number of hydrogen-bond acceptors (Lipinski definition) is 4. The van der Waals surface area contributed by atoms with Gasteiger partial charge in [-0.2, -0.15) is 5.10 Å². The highest BCUT2D eigenvalue weighted by Crippen LogP contribution is 2.38. The first kappa shape index (κ1) is 16.4. The lowest BCUT2D eigenvalue weighted by Crippen LogP contribution is -2.41. The SMILES string of the molecule is Cc1cc(-c2cn(C)nc2[C@@H]2CCCCN2C(=O)C2CCCC2)on1. The third-order valence-electron chi connectivity index (χ3n) is 5.56. The van der Waals surface area contributed by atoms with E-state index in [4.69, 9.17) is 9.62 Å². The summed E-state index contributed by atoms with van der Waals surface area (Å²) in [6.07, 6.45) is 9.60. The Hall–Kier alpha value is -2.11. The predicted octanol–water partition coefficient (Wildman–Crippen LogP) is 3.63. The van der Waals surface area contributed by atoms with Crippen molar-refractivity contribution in [3.8, 4) is 11.3 Å². The van der Waals surface area contributed by atoms with Gasteiger partial charge in [-0.25, -0.2) is 0 Å². The summed E-state index contributed by atoms with van der Waals surface area (Å²) >= 11 is 0. The van der Waals surface area contributed by atoms with E-state index in [0.29, 0.717) is 5.91 Å². The van der Waals surface area contributed by atoms with Crippen molar-refractivity contribution in [2.24, 2.45) is 13.0 Å². The first-order valence-corrected chi connectivity index (χ1v) is 9.41. The standard InChI is InChI=1S/C19H26N4O2/c1-13-11-17(25-21-13)15-12-22(2)20-18(15)16-9-5-6-10-23(16)19(24)14-7-3-4-8-14/h11-12,14,16H,3-10H2,1-2H3/t16-/m0/s1. The molecule has 0 spiro atoms. The summed E-state index contributed by atoms with van der Waals surface area (Å²) in [5, 5.41) is 8.73. The fourth-order valence-electron chi connectivity index (χ4n) is 4.32. The number of piperidine rings is 1. The van der Waals surface area contributed by atoms with Gasteiger partial charge in [0.2, 0.25) is 5.91 Å². The molecule has 6 nitrogen and oxygen atoms in total.